The van der Waals surface area contributed by atoms with E-state index in [0.29, 0.717) is 17.9 Å². The Balaban J connectivity index is 2.01. The number of aromatic nitrogens is 2. The minimum atomic E-state index is -0.0724. The molecule has 3 rings (SSSR count). The summed E-state index contributed by atoms with van der Waals surface area (Å²) < 4.78 is 1.85. The van der Waals surface area contributed by atoms with Gasteiger partial charge >= 0.3 is 0 Å². The number of carbonyl (C=O) groups is 1. The molecule has 3 heteroatoms. The molecule has 1 heterocycles. The normalized spacial score (nSPS) is 13.5. The summed E-state index contributed by atoms with van der Waals surface area (Å²) in [5.74, 6) is 0.369. The Hall–Kier alpha value is -2.94. The van der Waals surface area contributed by atoms with Crippen LogP contribution in [-0.4, -0.2) is 15.3 Å². The third-order valence-corrected chi connectivity index (χ3v) is 3.90. The van der Waals surface area contributed by atoms with Crippen molar-refractivity contribution in [1.29, 1.82) is 0 Å². The lowest BCUT2D eigenvalue weighted by molar-refractivity contribution is 0.102. The van der Waals surface area contributed by atoms with E-state index in [1.54, 1.807) is 6.08 Å². The van der Waals surface area contributed by atoms with Gasteiger partial charge < -0.3 is 4.57 Å². The Kier molecular flexibility index (Phi) is 4.71. The van der Waals surface area contributed by atoms with Crippen molar-refractivity contribution in [3.8, 4) is 0 Å². The van der Waals surface area contributed by atoms with E-state index < -0.39 is 0 Å². The molecule has 120 valence electrons. The van der Waals surface area contributed by atoms with Gasteiger partial charge in [-0.3, -0.25) is 4.79 Å². The summed E-state index contributed by atoms with van der Waals surface area (Å²) in [4.78, 5) is 17.5. The minimum absolute atomic E-state index is 0.0724. The van der Waals surface area contributed by atoms with Crippen molar-refractivity contribution in [1.82, 2.24) is 9.55 Å². The zero-order valence-electron chi connectivity index (χ0n) is 13.8. The summed E-state index contributed by atoms with van der Waals surface area (Å²) in [5, 5.41) is 0. The van der Waals surface area contributed by atoms with Gasteiger partial charge in [0.2, 0.25) is 5.78 Å². The molecule has 1 aliphatic rings. The highest BCUT2D eigenvalue weighted by Gasteiger charge is 2.18. The van der Waals surface area contributed by atoms with E-state index in [1.165, 1.54) is 0 Å². The fourth-order valence-electron chi connectivity index (χ4n) is 2.60. The van der Waals surface area contributed by atoms with Crippen LogP contribution in [-0.2, 0) is 6.54 Å². The first-order valence-electron chi connectivity index (χ1n) is 8.02. The number of carbonyl (C=O) groups excluding carboxylic acids is 1. The summed E-state index contributed by atoms with van der Waals surface area (Å²) in [6.45, 7) is 6.33. The lowest BCUT2D eigenvalue weighted by atomic mass is 10.1. The van der Waals surface area contributed by atoms with Crippen molar-refractivity contribution in [3.05, 3.63) is 96.1 Å². The van der Waals surface area contributed by atoms with E-state index in [9.17, 15) is 4.79 Å². The maximum atomic E-state index is 12.8. The predicted octanol–water partition coefficient (Wildman–Crippen LogP) is 4.51. The third-order valence-electron chi connectivity index (χ3n) is 3.90. The second-order valence-corrected chi connectivity index (χ2v) is 5.77. The largest absolute Gasteiger partial charge is 0.324 e. The van der Waals surface area contributed by atoms with E-state index in [1.807, 2.05) is 60.2 Å². The highest BCUT2D eigenvalue weighted by Crippen LogP contribution is 2.20. The summed E-state index contributed by atoms with van der Waals surface area (Å²) in [6, 6.07) is 7.57. The molecular weight excluding hydrogens is 296 g/mol. The monoisotopic (exact) mass is 316 g/mol. The van der Waals surface area contributed by atoms with Crippen LogP contribution in [0.2, 0.25) is 0 Å². The van der Waals surface area contributed by atoms with Crippen molar-refractivity contribution in [3.63, 3.8) is 0 Å². The fraction of sp³-hybridized carbons (Fsp3) is 0.143. The Labute approximate surface area is 142 Å². The molecular formula is C21H20N2O. The molecule has 24 heavy (non-hydrogen) atoms. The number of ketones is 1. The molecule has 1 aliphatic carbocycles. The molecule has 1 aromatic carbocycles. The van der Waals surface area contributed by atoms with Crippen molar-refractivity contribution in [2.75, 3.05) is 0 Å². The molecule has 0 fully saturated rings. The molecule has 0 bridgehead atoms. The Morgan fingerprint density at radius 3 is 2.83 bits per heavy atom. The van der Waals surface area contributed by atoms with Crippen molar-refractivity contribution in [2.24, 2.45) is 0 Å². The SMILES string of the molecule is C=CCn1cc(C2=CC=CCC=C2)nc1C(=O)c1ccc(C)cc1. The number of allylic oxidation sites excluding steroid dienone is 7. The lowest BCUT2D eigenvalue weighted by Gasteiger charge is -2.04. The zero-order valence-corrected chi connectivity index (χ0v) is 13.8. The minimum Gasteiger partial charge on any atom is -0.324 e. The first kappa shape index (κ1) is 15.9. The van der Waals surface area contributed by atoms with Crippen LogP contribution >= 0.6 is 0 Å². The van der Waals surface area contributed by atoms with E-state index in [0.717, 1.165) is 23.3 Å². The van der Waals surface area contributed by atoms with Gasteiger partial charge in [0.25, 0.3) is 0 Å². The van der Waals surface area contributed by atoms with Gasteiger partial charge in [0.05, 0.1) is 5.69 Å². The van der Waals surface area contributed by atoms with E-state index in [4.69, 9.17) is 0 Å². The molecule has 0 aliphatic heterocycles. The maximum Gasteiger partial charge on any atom is 0.228 e. The van der Waals surface area contributed by atoms with Gasteiger partial charge in [0, 0.05) is 23.9 Å². The number of benzene rings is 1. The molecule has 0 saturated heterocycles. The summed E-state index contributed by atoms with van der Waals surface area (Å²) >= 11 is 0. The lowest BCUT2D eigenvalue weighted by Crippen LogP contribution is -2.10. The average Bonchev–Trinajstić information content (AvgIpc) is 2.82. The quantitative estimate of drug-likeness (QED) is 0.601. The van der Waals surface area contributed by atoms with Gasteiger partial charge in [-0.2, -0.15) is 0 Å². The first-order chi connectivity index (χ1) is 11.7. The molecule has 1 aromatic heterocycles. The van der Waals surface area contributed by atoms with Gasteiger partial charge in [-0.05, 0) is 13.3 Å². The zero-order chi connectivity index (χ0) is 16.9. The second kappa shape index (κ2) is 7.09. The third kappa shape index (κ3) is 3.35. The number of imidazole rings is 1. The number of rotatable bonds is 5. The van der Waals surface area contributed by atoms with Crippen molar-refractivity contribution >= 4 is 11.4 Å². The standard InChI is InChI=1S/C21H20N2O/c1-3-14-23-15-19(17-8-6-4-5-7-9-17)22-21(23)20(24)18-12-10-16(2)11-13-18/h3-4,6-13,15H,1,5,14H2,2H3. The van der Waals surface area contributed by atoms with Crippen molar-refractivity contribution < 1.29 is 4.79 Å². The van der Waals surface area contributed by atoms with Gasteiger partial charge in [0.1, 0.15) is 0 Å². The molecule has 0 radical (unpaired) electrons. The molecule has 2 aromatic rings. The van der Waals surface area contributed by atoms with Crippen LogP contribution in [0.15, 0.2) is 73.5 Å². The number of hydrogen-bond acceptors (Lipinski definition) is 2. The molecule has 0 spiro atoms. The fourth-order valence-corrected chi connectivity index (χ4v) is 2.60. The van der Waals surface area contributed by atoms with Crippen LogP contribution in [0.4, 0.5) is 0 Å². The van der Waals surface area contributed by atoms with E-state index in [2.05, 4.69) is 23.7 Å². The van der Waals surface area contributed by atoms with Gasteiger partial charge in [-0.25, -0.2) is 4.98 Å². The predicted molar refractivity (Wildman–Crippen MR) is 97.9 cm³/mol. The second-order valence-electron chi connectivity index (χ2n) is 5.77. The van der Waals surface area contributed by atoms with Crippen LogP contribution in [0.5, 0.6) is 0 Å². The number of nitrogens with zero attached hydrogens (tertiary/aromatic N) is 2. The topological polar surface area (TPSA) is 34.9 Å². The van der Waals surface area contributed by atoms with Gasteiger partial charge in [-0.1, -0.05) is 66.3 Å². The molecule has 0 amide bonds. The summed E-state index contributed by atoms with van der Waals surface area (Å²) in [5.41, 5.74) is 3.58. The average molecular weight is 316 g/mol. The molecule has 3 nitrogen and oxygen atoms in total. The number of aryl methyl sites for hydroxylation is 1. The van der Waals surface area contributed by atoms with E-state index in [-0.39, 0.29) is 5.78 Å². The molecule has 0 N–H and O–H groups in total. The highest BCUT2D eigenvalue weighted by molar-refractivity contribution is 6.07. The van der Waals surface area contributed by atoms with Crippen LogP contribution in [0, 0.1) is 6.92 Å². The first-order valence-corrected chi connectivity index (χ1v) is 8.02. The van der Waals surface area contributed by atoms with Crippen LogP contribution in [0.1, 0.15) is 33.9 Å². The van der Waals surface area contributed by atoms with Crippen LogP contribution < -0.4 is 0 Å². The molecule has 0 saturated carbocycles. The Bertz CT molecular complexity index is 848. The maximum absolute atomic E-state index is 12.8. The highest BCUT2D eigenvalue weighted by atomic mass is 16.1. The Morgan fingerprint density at radius 2 is 2.08 bits per heavy atom. The van der Waals surface area contributed by atoms with Crippen LogP contribution in [0.25, 0.3) is 5.57 Å². The summed E-state index contributed by atoms with van der Waals surface area (Å²) in [7, 11) is 0. The molecule has 0 unspecified atom stereocenters. The van der Waals surface area contributed by atoms with Gasteiger partial charge in [-0.15, -0.1) is 6.58 Å². The number of hydrogen-bond donors (Lipinski definition) is 0. The summed E-state index contributed by atoms with van der Waals surface area (Å²) in [6.07, 6.45) is 14.8. The smallest absolute Gasteiger partial charge is 0.228 e. The Morgan fingerprint density at radius 1 is 1.29 bits per heavy atom. The van der Waals surface area contributed by atoms with Crippen LogP contribution in [0.3, 0.4) is 0 Å². The van der Waals surface area contributed by atoms with Crippen molar-refractivity contribution in [2.45, 2.75) is 19.9 Å². The molecule has 0 atom stereocenters. The van der Waals surface area contributed by atoms with E-state index >= 15 is 0 Å². The van der Waals surface area contributed by atoms with Gasteiger partial charge in [0.15, 0.2) is 5.82 Å².